The highest BCUT2D eigenvalue weighted by Crippen LogP contribution is 2.38. The molecule has 1 nitrogen and oxygen atoms in total. The third kappa shape index (κ3) is 1.98. The van der Waals surface area contributed by atoms with Crippen molar-refractivity contribution in [2.75, 3.05) is 0 Å². The van der Waals surface area contributed by atoms with Crippen LogP contribution in [-0.2, 0) is 5.67 Å². The summed E-state index contributed by atoms with van der Waals surface area (Å²) in [7, 11) is 0. The van der Waals surface area contributed by atoms with Gasteiger partial charge in [-0.2, -0.15) is 0 Å². The number of rotatable bonds is 3. The average Bonchev–Trinajstić information content (AvgIpc) is 2.73. The van der Waals surface area contributed by atoms with E-state index in [4.69, 9.17) is 5.73 Å². The van der Waals surface area contributed by atoms with Crippen molar-refractivity contribution in [3.05, 3.63) is 35.2 Å². The quantitative estimate of drug-likeness (QED) is 0.874. The molecule has 1 heterocycles. The zero-order valence-electron chi connectivity index (χ0n) is 10.4. The first-order valence-corrected chi connectivity index (χ1v) is 6.76. The third-order valence-electron chi connectivity index (χ3n) is 3.40. The predicted octanol–water partition coefficient (Wildman–Crippen LogP) is 4.07. The van der Waals surface area contributed by atoms with Crippen LogP contribution in [0.4, 0.5) is 4.39 Å². The number of benzene rings is 1. The van der Waals surface area contributed by atoms with Crippen LogP contribution in [0.5, 0.6) is 0 Å². The van der Waals surface area contributed by atoms with Crippen LogP contribution in [0.2, 0.25) is 0 Å². The summed E-state index contributed by atoms with van der Waals surface area (Å²) in [5.74, 6) is -0.140. The molecular formula is C14H18FNS. The highest BCUT2D eigenvalue weighted by molar-refractivity contribution is 7.17. The minimum Gasteiger partial charge on any atom is -0.325 e. The maximum atomic E-state index is 15.1. The fraction of sp³-hybridized carbons (Fsp3) is 0.429. The van der Waals surface area contributed by atoms with Gasteiger partial charge in [-0.1, -0.05) is 19.9 Å². The Balaban J connectivity index is 2.56. The van der Waals surface area contributed by atoms with Crippen molar-refractivity contribution in [1.82, 2.24) is 0 Å². The lowest BCUT2D eigenvalue weighted by Crippen LogP contribution is -2.43. The summed E-state index contributed by atoms with van der Waals surface area (Å²) in [5.41, 5.74) is 5.08. The standard InChI is InChI=1S/C14H18FNS/c1-9(2)14(15,10(3)16)12-4-5-13-11(8-12)6-7-17-13/h4-10H,16H2,1-3H3. The van der Waals surface area contributed by atoms with Crippen LogP contribution in [0.15, 0.2) is 29.6 Å². The third-order valence-corrected chi connectivity index (χ3v) is 4.30. The summed E-state index contributed by atoms with van der Waals surface area (Å²) < 4.78 is 16.3. The largest absolute Gasteiger partial charge is 0.325 e. The highest BCUT2D eigenvalue weighted by atomic mass is 32.1. The second kappa shape index (κ2) is 4.39. The van der Waals surface area contributed by atoms with Gasteiger partial charge in [0.2, 0.25) is 0 Å². The van der Waals surface area contributed by atoms with E-state index in [0.29, 0.717) is 5.56 Å². The molecule has 0 amide bonds. The van der Waals surface area contributed by atoms with Gasteiger partial charge in [0.1, 0.15) is 0 Å². The molecule has 0 bridgehead atoms. The Morgan fingerprint density at radius 1 is 1.24 bits per heavy atom. The summed E-state index contributed by atoms with van der Waals surface area (Å²) in [4.78, 5) is 0. The first kappa shape index (κ1) is 12.5. The smallest absolute Gasteiger partial charge is 0.152 e. The van der Waals surface area contributed by atoms with Crippen LogP contribution in [0.1, 0.15) is 26.3 Å². The van der Waals surface area contributed by atoms with Gasteiger partial charge in [-0.25, -0.2) is 4.39 Å². The molecule has 2 N–H and O–H groups in total. The SMILES string of the molecule is CC(C)C(F)(c1ccc2sccc2c1)C(C)N. The van der Waals surface area contributed by atoms with E-state index < -0.39 is 11.7 Å². The van der Waals surface area contributed by atoms with Gasteiger partial charge >= 0.3 is 0 Å². The Bertz CT molecular complexity index is 508. The Labute approximate surface area is 105 Å². The van der Waals surface area contributed by atoms with E-state index in [1.165, 1.54) is 4.70 Å². The lowest BCUT2D eigenvalue weighted by Gasteiger charge is -2.33. The van der Waals surface area contributed by atoms with Gasteiger partial charge in [-0.05, 0) is 47.4 Å². The molecule has 0 aliphatic heterocycles. The van der Waals surface area contributed by atoms with Gasteiger partial charge < -0.3 is 5.73 Å². The Hall–Kier alpha value is -0.930. The van der Waals surface area contributed by atoms with Crippen molar-refractivity contribution in [1.29, 1.82) is 0 Å². The van der Waals surface area contributed by atoms with Gasteiger partial charge in [0, 0.05) is 10.7 Å². The molecule has 92 valence electrons. The first-order valence-electron chi connectivity index (χ1n) is 5.88. The van der Waals surface area contributed by atoms with Crippen LogP contribution >= 0.6 is 11.3 Å². The Kier molecular flexibility index (Phi) is 3.23. The maximum absolute atomic E-state index is 15.1. The molecule has 0 spiro atoms. The highest BCUT2D eigenvalue weighted by Gasteiger charge is 2.39. The zero-order valence-corrected chi connectivity index (χ0v) is 11.2. The van der Waals surface area contributed by atoms with E-state index in [1.54, 1.807) is 18.3 Å². The van der Waals surface area contributed by atoms with Crippen LogP contribution in [0, 0.1) is 5.92 Å². The molecule has 0 saturated heterocycles. The average molecular weight is 251 g/mol. The molecule has 17 heavy (non-hydrogen) atoms. The fourth-order valence-corrected chi connectivity index (χ4v) is 3.10. The van der Waals surface area contributed by atoms with Crippen molar-refractivity contribution >= 4 is 21.4 Å². The van der Waals surface area contributed by atoms with E-state index in [-0.39, 0.29) is 5.92 Å². The molecule has 2 unspecified atom stereocenters. The molecule has 1 aromatic carbocycles. The van der Waals surface area contributed by atoms with E-state index in [1.807, 2.05) is 43.5 Å². The monoisotopic (exact) mass is 251 g/mol. The summed E-state index contributed by atoms with van der Waals surface area (Å²) in [6.07, 6.45) is 0. The molecule has 0 radical (unpaired) electrons. The van der Waals surface area contributed by atoms with E-state index in [9.17, 15) is 0 Å². The van der Waals surface area contributed by atoms with E-state index in [2.05, 4.69) is 0 Å². The summed E-state index contributed by atoms with van der Waals surface area (Å²) in [6, 6.07) is 7.27. The normalized spacial score (nSPS) is 17.3. The summed E-state index contributed by atoms with van der Waals surface area (Å²) >= 11 is 1.67. The van der Waals surface area contributed by atoms with Gasteiger partial charge in [0.05, 0.1) is 0 Å². The van der Waals surface area contributed by atoms with E-state index in [0.717, 1.165) is 5.39 Å². The van der Waals surface area contributed by atoms with Crippen LogP contribution in [0.3, 0.4) is 0 Å². The lowest BCUT2D eigenvalue weighted by molar-refractivity contribution is 0.0723. The number of hydrogen-bond acceptors (Lipinski definition) is 2. The first-order chi connectivity index (χ1) is 7.96. The minimum absolute atomic E-state index is 0.140. The number of alkyl halides is 1. The predicted molar refractivity (Wildman–Crippen MR) is 73.1 cm³/mol. The van der Waals surface area contributed by atoms with E-state index >= 15 is 4.39 Å². The van der Waals surface area contributed by atoms with Crippen molar-refractivity contribution in [2.45, 2.75) is 32.5 Å². The second-order valence-electron chi connectivity index (χ2n) is 4.88. The van der Waals surface area contributed by atoms with Crippen molar-refractivity contribution in [3.8, 4) is 0 Å². The lowest BCUT2D eigenvalue weighted by atomic mass is 9.80. The van der Waals surface area contributed by atoms with Gasteiger partial charge in [0.25, 0.3) is 0 Å². The molecular weight excluding hydrogens is 233 g/mol. The topological polar surface area (TPSA) is 26.0 Å². The summed E-state index contributed by atoms with van der Waals surface area (Å²) in [5, 5.41) is 3.12. The minimum atomic E-state index is -1.46. The second-order valence-corrected chi connectivity index (χ2v) is 5.83. The molecule has 0 aliphatic rings. The Morgan fingerprint density at radius 2 is 1.94 bits per heavy atom. The Morgan fingerprint density at radius 3 is 2.53 bits per heavy atom. The molecule has 2 aromatic rings. The van der Waals surface area contributed by atoms with Crippen LogP contribution < -0.4 is 5.73 Å². The number of fused-ring (bicyclic) bond motifs is 1. The number of hydrogen-bond donors (Lipinski definition) is 1. The van der Waals surface area contributed by atoms with Gasteiger partial charge in [0.15, 0.2) is 5.67 Å². The van der Waals surface area contributed by atoms with Crippen LogP contribution in [-0.4, -0.2) is 6.04 Å². The molecule has 0 fully saturated rings. The molecule has 0 saturated carbocycles. The van der Waals surface area contributed by atoms with Crippen molar-refractivity contribution in [3.63, 3.8) is 0 Å². The molecule has 3 heteroatoms. The number of nitrogens with two attached hydrogens (primary N) is 1. The maximum Gasteiger partial charge on any atom is 0.152 e. The van der Waals surface area contributed by atoms with Gasteiger partial charge in [-0.15, -0.1) is 11.3 Å². The molecule has 1 aromatic heterocycles. The summed E-state index contributed by atoms with van der Waals surface area (Å²) in [6.45, 7) is 5.49. The number of halogens is 1. The number of thiophene rings is 1. The van der Waals surface area contributed by atoms with Crippen molar-refractivity contribution < 1.29 is 4.39 Å². The molecule has 2 atom stereocenters. The molecule has 0 aliphatic carbocycles. The molecule has 2 rings (SSSR count). The fourth-order valence-electron chi connectivity index (χ4n) is 2.33. The zero-order chi connectivity index (χ0) is 12.6. The van der Waals surface area contributed by atoms with Crippen molar-refractivity contribution in [2.24, 2.45) is 11.7 Å². The van der Waals surface area contributed by atoms with Crippen LogP contribution in [0.25, 0.3) is 10.1 Å². The van der Waals surface area contributed by atoms with Gasteiger partial charge in [-0.3, -0.25) is 0 Å².